The predicted molar refractivity (Wildman–Crippen MR) is 90.1 cm³/mol. The number of phenolic OH excluding ortho intramolecular Hbond substituents is 1. The van der Waals surface area contributed by atoms with E-state index in [1.54, 1.807) is 12.1 Å². The van der Waals surface area contributed by atoms with Gasteiger partial charge in [-0.3, -0.25) is 0 Å². The minimum atomic E-state index is 0.268. The van der Waals surface area contributed by atoms with Crippen LogP contribution in [0.1, 0.15) is 31.7 Å². The lowest BCUT2D eigenvalue weighted by Gasteiger charge is -2.12. The quantitative estimate of drug-likeness (QED) is 0.778. The first kappa shape index (κ1) is 14.0. The van der Waals surface area contributed by atoms with E-state index in [9.17, 15) is 5.11 Å². The Hall–Kier alpha value is -2.62. The van der Waals surface area contributed by atoms with Gasteiger partial charge >= 0.3 is 0 Å². The van der Waals surface area contributed by atoms with Crippen LogP contribution in [0.2, 0.25) is 0 Å². The zero-order chi connectivity index (χ0) is 15.6. The summed E-state index contributed by atoms with van der Waals surface area (Å²) < 4.78 is 2.09. The molecule has 0 bridgehead atoms. The summed E-state index contributed by atoms with van der Waals surface area (Å²) in [5.74, 6) is 1.92. The lowest BCUT2D eigenvalue weighted by molar-refractivity contribution is 0.471. The highest BCUT2D eigenvalue weighted by Gasteiger charge is 2.23. The molecule has 4 nitrogen and oxygen atoms in total. The summed E-state index contributed by atoms with van der Waals surface area (Å²) in [7, 11) is 0. The van der Waals surface area contributed by atoms with Gasteiger partial charge in [-0.05, 0) is 37.1 Å². The van der Waals surface area contributed by atoms with Crippen molar-refractivity contribution in [3.8, 4) is 28.5 Å². The largest absolute Gasteiger partial charge is 0.508 e. The molecule has 2 aromatic carbocycles. The number of nitrogens with zero attached hydrogens (tertiary/aromatic N) is 3. The van der Waals surface area contributed by atoms with E-state index < -0.39 is 0 Å². The first-order chi connectivity index (χ1) is 11.3. The minimum absolute atomic E-state index is 0.268. The van der Waals surface area contributed by atoms with Crippen molar-refractivity contribution in [2.75, 3.05) is 0 Å². The van der Waals surface area contributed by atoms with E-state index in [1.165, 1.54) is 12.8 Å². The molecule has 1 aliphatic rings. The molecular weight excluding hydrogens is 286 g/mol. The van der Waals surface area contributed by atoms with Gasteiger partial charge in [0, 0.05) is 11.1 Å². The highest BCUT2D eigenvalue weighted by Crippen LogP contribution is 2.34. The Morgan fingerprint density at radius 3 is 2.26 bits per heavy atom. The van der Waals surface area contributed by atoms with E-state index in [-0.39, 0.29) is 5.75 Å². The molecule has 0 radical (unpaired) electrons. The Balaban J connectivity index is 1.82. The SMILES string of the molecule is Oc1ccc(-c2nc(-c3ccccc3)nn2C2CCCC2)cc1. The Bertz CT molecular complexity index is 787. The molecule has 0 aliphatic heterocycles. The van der Waals surface area contributed by atoms with Crippen LogP contribution in [0.5, 0.6) is 5.75 Å². The maximum atomic E-state index is 9.52. The van der Waals surface area contributed by atoms with Crippen molar-refractivity contribution in [3.63, 3.8) is 0 Å². The van der Waals surface area contributed by atoms with Crippen LogP contribution in [-0.2, 0) is 0 Å². The van der Waals surface area contributed by atoms with Crippen LogP contribution < -0.4 is 0 Å². The second-order valence-corrected chi connectivity index (χ2v) is 6.05. The lowest BCUT2D eigenvalue weighted by atomic mass is 10.2. The maximum absolute atomic E-state index is 9.52. The molecule has 1 aromatic heterocycles. The summed E-state index contributed by atoms with van der Waals surface area (Å²) in [6, 6.07) is 17.7. The van der Waals surface area contributed by atoms with E-state index >= 15 is 0 Å². The summed E-state index contributed by atoms with van der Waals surface area (Å²) in [4.78, 5) is 4.80. The third kappa shape index (κ3) is 2.72. The van der Waals surface area contributed by atoms with Gasteiger partial charge < -0.3 is 5.11 Å². The van der Waals surface area contributed by atoms with Gasteiger partial charge in [-0.25, -0.2) is 9.67 Å². The van der Waals surface area contributed by atoms with E-state index in [2.05, 4.69) is 4.68 Å². The molecule has 0 amide bonds. The third-order valence-electron chi connectivity index (χ3n) is 4.46. The van der Waals surface area contributed by atoms with Crippen molar-refractivity contribution in [3.05, 3.63) is 54.6 Å². The first-order valence-electron chi connectivity index (χ1n) is 8.12. The molecule has 116 valence electrons. The molecule has 4 heteroatoms. The van der Waals surface area contributed by atoms with Crippen molar-refractivity contribution < 1.29 is 5.11 Å². The summed E-state index contributed by atoms with van der Waals surface area (Å²) >= 11 is 0. The summed E-state index contributed by atoms with van der Waals surface area (Å²) in [6.45, 7) is 0. The number of phenols is 1. The van der Waals surface area contributed by atoms with Crippen molar-refractivity contribution >= 4 is 0 Å². The number of rotatable bonds is 3. The number of aromatic hydroxyl groups is 1. The van der Waals surface area contributed by atoms with Crippen LogP contribution in [0.3, 0.4) is 0 Å². The highest BCUT2D eigenvalue weighted by molar-refractivity contribution is 5.62. The number of aromatic nitrogens is 3. The standard InChI is InChI=1S/C19H19N3O/c23-17-12-10-15(11-13-17)19-20-18(14-6-2-1-3-7-14)21-22(19)16-8-4-5-9-16/h1-3,6-7,10-13,16,23H,4-5,8-9H2. The maximum Gasteiger partial charge on any atom is 0.181 e. The summed E-state index contributed by atoms with van der Waals surface area (Å²) in [5.41, 5.74) is 2.02. The van der Waals surface area contributed by atoms with Gasteiger partial charge in [0.2, 0.25) is 0 Å². The van der Waals surface area contributed by atoms with Crippen LogP contribution in [-0.4, -0.2) is 19.9 Å². The average Bonchev–Trinajstić information content (AvgIpc) is 3.26. The van der Waals surface area contributed by atoms with Crippen LogP contribution in [0, 0.1) is 0 Å². The average molecular weight is 305 g/mol. The van der Waals surface area contributed by atoms with Crippen LogP contribution in [0.15, 0.2) is 54.6 Å². The van der Waals surface area contributed by atoms with E-state index in [1.807, 2.05) is 42.5 Å². The van der Waals surface area contributed by atoms with Crippen molar-refractivity contribution in [2.24, 2.45) is 0 Å². The molecule has 23 heavy (non-hydrogen) atoms. The van der Waals surface area contributed by atoms with Gasteiger partial charge in [0.05, 0.1) is 6.04 Å². The Labute approximate surface area is 135 Å². The first-order valence-corrected chi connectivity index (χ1v) is 8.12. The molecule has 0 spiro atoms. The topological polar surface area (TPSA) is 50.9 Å². The van der Waals surface area contributed by atoms with Gasteiger partial charge in [-0.2, -0.15) is 5.10 Å². The predicted octanol–water partition coefficient (Wildman–Crippen LogP) is 4.43. The molecule has 3 aromatic rings. The number of hydrogen-bond donors (Lipinski definition) is 1. The Morgan fingerprint density at radius 2 is 1.57 bits per heavy atom. The van der Waals surface area contributed by atoms with E-state index in [4.69, 9.17) is 10.1 Å². The Kier molecular flexibility index (Phi) is 3.58. The van der Waals surface area contributed by atoms with Crippen molar-refractivity contribution in [2.45, 2.75) is 31.7 Å². The normalized spacial score (nSPS) is 15.1. The second kappa shape index (κ2) is 5.88. The number of benzene rings is 2. The fourth-order valence-electron chi connectivity index (χ4n) is 3.24. The zero-order valence-electron chi connectivity index (χ0n) is 12.9. The highest BCUT2D eigenvalue weighted by atomic mass is 16.3. The summed E-state index contributed by atoms with van der Waals surface area (Å²) in [5, 5.41) is 14.3. The molecule has 1 fully saturated rings. The van der Waals surface area contributed by atoms with Crippen LogP contribution >= 0.6 is 0 Å². The minimum Gasteiger partial charge on any atom is -0.508 e. The lowest BCUT2D eigenvalue weighted by Crippen LogP contribution is -2.08. The Morgan fingerprint density at radius 1 is 0.870 bits per heavy atom. The molecular formula is C19H19N3O. The second-order valence-electron chi connectivity index (χ2n) is 6.05. The van der Waals surface area contributed by atoms with Crippen molar-refractivity contribution in [1.29, 1.82) is 0 Å². The summed E-state index contributed by atoms with van der Waals surface area (Å²) in [6.07, 6.45) is 4.81. The molecule has 4 rings (SSSR count). The van der Waals surface area contributed by atoms with Gasteiger partial charge in [0.15, 0.2) is 11.6 Å². The van der Waals surface area contributed by atoms with Crippen LogP contribution in [0.25, 0.3) is 22.8 Å². The fraction of sp³-hybridized carbons (Fsp3) is 0.263. The van der Waals surface area contributed by atoms with Gasteiger partial charge in [-0.1, -0.05) is 43.2 Å². The molecule has 1 saturated carbocycles. The molecule has 1 heterocycles. The monoisotopic (exact) mass is 305 g/mol. The van der Waals surface area contributed by atoms with Gasteiger partial charge in [0.1, 0.15) is 5.75 Å². The van der Waals surface area contributed by atoms with E-state index in [0.717, 1.165) is 35.6 Å². The molecule has 1 N–H and O–H groups in total. The van der Waals surface area contributed by atoms with Gasteiger partial charge in [-0.15, -0.1) is 0 Å². The number of hydrogen-bond acceptors (Lipinski definition) is 3. The molecule has 0 unspecified atom stereocenters. The smallest absolute Gasteiger partial charge is 0.181 e. The van der Waals surface area contributed by atoms with Crippen molar-refractivity contribution in [1.82, 2.24) is 14.8 Å². The third-order valence-corrected chi connectivity index (χ3v) is 4.46. The van der Waals surface area contributed by atoms with Gasteiger partial charge in [0.25, 0.3) is 0 Å². The molecule has 0 saturated heterocycles. The van der Waals surface area contributed by atoms with E-state index in [0.29, 0.717) is 6.04 Å². The molecule has 0 atom stereocenters. The molecule has 1 aliphatic carbocycles. The van der Waals surface area contributed by atoms with Crippen LogP contribution in [0.4, 0.5) is 0 Å². The fourth-order valence-corrected chi connectivity index (χ4v) is 3.24. The zero-order valence-corrected chi connectivity index (χ0v) is 12.9.